The van der Waals surface area contributed by atoms with Crippen molar-refractivity contribution in [3.8, 4) is 23.0 Å². The number of hydrogen-bond acceptors (Lipinski definition) is 7. The first-order valence-electron chi connectivity index (χ1n) is 13.8. The summed E-state index contributed by atoms with van der Waals surface area (Å²) in [5, 5.41) is 6.48. The van der Waals surface area contributed by atoms with E-state index in [2.05, 4.69) is 10.6 Å². The van der Waals surface area contributed by atoms with Crippen LogP contribution in [0.15, 0.2) is 83.2 Å². The molecule has 2 atom stereocenters. The molecule has 42 heavy (non-hydrogen) atoms. The Labute approximate surface area is 246 Å². The van der Waals surface area contributed by atoms with Gasteiger partial charge in [0.1, 0.15) is 0 Å². The topological polar surface area (TPSA) is 95.1 Å². The van der Waals surface area contributed by atoms with E-state index < -0.39 is 5.92 Å². The molecule has 1 aliphatic carbocycles. The summed E-state index contributed by atoms with van der Waals surface area (Å²) in [5.41, 5.74) is 6.12. The van der Waals surface area contributed by atoms with E-state index >= 15 is 0 Å². The smallest absolute Gasteiger partial charge is 0.254 e. The number of Topliss-reactive ketones (excluding diaryl/α,β-unsaturated/α-hetero) is 1. The molecule has 0 aromatic heterocycles. The Hall–Kier alpha value is -4.72. The Morgan fingerprint density at radius 2 is 1.33 bits per heavy atom. The fraction of sp³-hybridized carbons (Fsp3) is 0.294. The van der Waals surface area contributed by atoms with Crippen molar-refractivity contribution in [1.29, 1.82) is 0 Å². The van der Waals surface area contributed by atoms with Gasteiger partial charge in [-0.05, 0) is 73.7 Å². The first-order valence-corrected chi connectivity index (χ1v) is 13.8. The van der Waals surface area contributed by atoms with E-state index in [1.165, 1.54) is 0 Å². The number of hydrogen-bond donors (Lipinski definition) is 2. The quantitative estimate of drug-likeness (QED) is 0.343. The number of nitrogens with one attached hydrogen (secondary N) is 2. The highest BCUT2D eigenvalue weighted by atomic mass is 16.5. The summed E-state index contributed by atoms with van der Waals surface area (Å²) in [6.07, 6.45) is 0.899. The average Bonchev–Trinajstić information content (AvgIpc) is 3.00. The maximum Gasteiger partial charge on any atom is 0.254 e. The summed E-state index contributed by atoms with van der Waals surface area (Å²) in [7, 11) is 6.34. The van der Waals surface area contributed by atoms with Crippen LogP contribution in [0.4, 0.5) is 5.69 Å². The fourth-order valence-corrected chi connectivity index (χ4v) is 5.88. The molecule has 5 rings (SSSR count). The van der Waals surface area contributed by atoms with Crippen molar-refractivity contribution in [3.05, 3.63) is 99.9 Å². The molecule has 0 unspecified atom stereocenters. The number of carbonyl (C=O) groups excluding carboxylic acids is 2. The van der Waals surface area contributed by atoms with E-state index in [0.29, 0.717) is 58.4 Å². The number of ether oxygens (including phenoxy) is 4. The molecular formula is C34H36N2O6. The number of aryl methyl sites for hydroxylation is 1. The van der Waals surface area contributed by atoms with Gasteiger partial charge in [-0.3, -0.25) is 9.59 Å². The molecule has 0 fully saturated rings. The lowest BCUT2D eigenvalue weighted by atomic mass is 9.71. The number of rotatable bonds is 8. The second-order valence-electron chi connectivity index (χ2n) is 10.6. The van der Waals surface area contributed by atoms with Gasteiger partial charge in [-0.15, -0.1) is 0 Å². The van der Waals surface area contributed by atoms with E-state index in [-0.39, 0.29) is 17.6 Å². The van der Waals surface area contributed by atoms with Crippen molar-refractivity contribution >= 4 is 17.4 Å². The van der Waals surface area contributed by atoms with Gasteiger partial charge in [-0.2, -0.15) is 0 Å². The molecule has 3 aromatic rings. The average molecular weight is 569 g/mol. The molecule has 1 heterocycles. The minimum atomic E-state index is -0.592. The van der Waals surface area contributed by atoms with Crippen LogP contribution < -0.4 is 29.6 Å². The van der Waals surface area contributed by atoms with Crippen LogP contribution in [0.2, 0.25) is 0 Å². The summed E-state index contributed by atoms with van der Waals surface area (Å²) < 4.78 is 22.0. The minimum absolute atomic E-state index is 0.0172. The molecule has 8 nitrogen and oxygen atoms in total. The predicted molar refractivity (Wildman–Crippen MR) is 161 cm³/mol. The SMILES string of the molecule is COc1ccc([C@H]2CC(=O)C3=C(C2)NC(C)=C(C(=O)Nc2ccc(C)cc2)[C@@H]3c2ccc(OC)c(OC)c2)cc1OC. The Bertz CT molecular complexity index is 1590. The van der Waals surface area contributed by atoms with Crippen LogP contribution in [0, 0.1) is 6.92 Å². The van der Waals surface area contributed by atoms with E-state index in [4.69, 9.17) is 18.9 Å². The Morgan fingerprint density at radius 1 is 0.762 bits per heavy atom. The summed E-state index contributed by atoms with van der Waals surface area (Å²) in [5.74, 6) is 1.40. The van der Waals surface area contributed by atoms with Crippen molar-refractivity contribution in [3.63, 3.8) is 0 Å². The normalized spacial score (nSPS) is 18.2. The molecule has 0 spiro atoms. The van der Waals surface area contributed by atoms with Gasteiger partial charge >= 0.3 is 0 Å². The lowest BCUT2D eigenvalue weighted by Gasteiger charge is -2.37. The third-order valence-electron chi connectivity index (χ3n) is 8.00. The van der Waals surface area contributed by atoms with Crippen molar-refractivity contribution in [2.24, 2.45) is 0 Å². The third-order valence-corrected chi connectivity index (χ3v) is 8.00. The summed E-state index contributed by atoms with van der Waals surface area (Å²) in [6.45, 7) is 3.88. The van der Waals surface area contributed by atoms with Crippen LogP contribution in [0.1, 0.15) is 48.3 Å². The second-order valence-corrected chi connectivity index (χ2v) is 10.6. The number of allylic oxidation sites excluding steroid dienone is 3. The number of ketones is 1. The van der Waals surface area contributed by atoms with Gasteiger partial charge in [0.25, 0.3) is 5.91 Å². The predicted octanol–water partition coefficient (Wildman–Crippen LogP) is 6.03. The van der Waals surface area contributed by atoms with E-state index in [1.54, 1.807) is 34.5 Å². The first-order chi connectivity index (χ1) is 20.3. The Morgan fingerprint density at radius 3 is 1.93 bits per heavy atom. The van der Waals surface area contributed by atoms with E-state index in [1.807, 2.05) is 68.4 Å². The number of anilines is 1. The molecular weight excluding hydrogens is 532 g/mol. The van der Waals surface area contributed by atoms with Crippen LogP contribution >= 0.6 is 0 Å². The number of carbonyl (C=O) groups is 2. The Kier molecular flexibility index (Phi) is 8.24. The van der Waals surface area contributed by atoms with Crippen LogP contribution in [0.3, 0.4) is 0 Å². The van der Waals surface area contributed by atoms with Gasteiger partial charge in [-0.25, -0.2) is 0 Å². The number of dihydropyridines is 1. The molecule has 218 valence electrons. The number of benzene rings is 3. The summed E-state index contributed by atoms with van der Waals surface area (Å²) in [6, 6.07) is 18.9. The van der Waals surface area contributed by atoms with Crippen molar-refractivity contribution in [2.75, 3.05) is 33.8 Å². The highest BCUT2D eigenvalue weighted by Crippen LogP contribution is 2.47. The van der Waals surface area contributed by atoms with Gasteiger partial charge < -0.3 is 29.6 Å². The zero-order valence-corrected chi connectivity index (χ0v) is 24.8. The van der Waals surface area contributed by atoms with Gasteiger partial charge in [0, 0.05) is 40.6 Å². The van der Waals surface area contributed by atoms with Crippen LogP contribution in [0.25, 0.3) is 0 Å². The van der Waals surface area contributed by atoms with Crippen molar-refractivity contribution < 1.29 is 28.5 Å². The molecule has 1 aliphatic heterocycles. The third kappa shape index (κ3) is 5.44. The molecule has 0 radical (unpaired) electrons. The minimum Gasteiger partial charge on any atom is -0.493 e. The van der Waals surface area contributed by atoms with Crippen molar-refractivity contribution in [1.82, 2.24) is 5.32 Å². The van der Waals surface area contributed by atoms with Gasteiger partial charge in [-0.1, -0.05) is 29.8 Å². The summed E-state index contributed by atoms with van der Waals surface area (Å²) in [4.78, 5) is 28.0. The van der Waals surface area contributed by atoms with Gasteiger partial charge in [0.15, 0.2) is 28.8 Å². The number of methoxy groups -OCH3 is 4. The maximum absolute atomic E-state index is 14.1. The van der Waals surface area contributed by atoms with Crippen LogP contribution in [0.5, 0.6) is 23.0 Å². The largest absolute Gasteiger partial charge is 0.493 e. The zero-order chi connectivity index (χ0) is 30.0. The molecule has 0 saturated heterocycles. The fourth-order valence-electron chi connectivity index (χ4n) is 5.88. The lowest BCUT2D eigenvalue weighted by molar-refractivity contribution is -0.116. The lowest BCUT2D eigenvalue weighted by Crippen LogP contribution is -2.37. The molecule has 0 saturated carbocycles. The zero-order valence-electron chi connectivity index (χ0n) is 24.8. The molecule has 8 heteroatoms. The summed E-state index contributed by atoms with van der Waals surface area (Å²) >= 11 is 0. The molecule has 2 aliphatic rings. The standard InChI is InChI=1S/C34H36N2O6/c1-19-7-11-24(12-8-19)36-34(38)31-20(2)35-25-15-23(21-9-13-27(39-3)29(17-21)41-5)16-26(37)33(25)32(31)22-10-14-28(40-4)30(18-22)42-6/h7-14,17-18,23,32,35H,15-16H2,1-6H3,(H,36,38)/t23-,32+/m1/s1. The first kappa shape index (κ1) is 28.8. The van der Waals surface area contributed by atoms with Crippen molar-refractivity contribution in [2.45, 2.75) is 38.5 Å². The molecule has 1 amide bonds. The highest BCUT2D eigenvalue weighted by molar-refractivity contribution is 6.10. The van der Waals surface area contributed by atoms with Crippen LogP contribution in [-0.2, 0) is 9.59 Å². The number of amides is 1. The highest BCUT2D eigenvalue weighted by Gasteiger charge is 2.41. The van der Waals surface area contributed by atoms with E-state index in [0.717, 1.165) is 22.4 Å². The molecule has 2 N–H and O–H groups in total. The maximum atomic E-state index is 14.1. The second kappa shape index (κ2) is 12.0. The van der Waals surface area contributed by atoms with E-state index in [9.17, 15) is 9.59 Å². The molecule has 0 bridgehead atoms. The van der Waals surface area contributed by atoms with Gasteiger partial charge in [0.2, 0.25) is 0 Å². The monoisotopic (exact) mass is 568 g/mol. The Balaban J connectivity index is 1.58. The molecule has 3 aromatic carbocycles. The van der Waals surface area contributed by atoms with Gasteiger partial charge in [0.05, 0.1) is 28.4 Å². The van der Waals surface area contributed by atoms with Crippen LogP contribution in [-0.4, -0.2) is 40.1 Å².